The van der Waals surface area contributed by atoms with E-state index in [0.29, 0.717) is 0 Å². The van der Waals surface area contributed by atoms with Gasteiger partial charge in [0.05, 0.1) is 0 Å². The van der Waals surface area contributed by atoms with Crippen molar-refractivity contribution in [1.82, 2.24) is 9.80 Å². The molecule has 2 heteroatoms. The molecule has 17 heavy (non-hydrogen) atoms. The van der Waals surface area contributed by atoms with E-state index in [2.05, 4.69) is 37.5 Å². The van der Waals surface area contributed by atoms with Crippen LogP contribution < -0.4 is 0 Å². The zero-order valence-electron chi connectivity index (χ0n) is 12.2. The van der Waals surface area contributed by atoms with Gasteiger partial charge < -0.3 is 0 Å². The summed E-state index contributed by atoms with van der Waals surface area (Å²) in [4.78, 5) is 5.53. The Bertz CT molecular complexity index is 237. The first-order valence-electron chi connectivity index (χ1n) is 7.60. The van der Waals surface area contributed by atoms with E-state index in [0.717, 1.165) is 23.9 Å². The summed E-state index contributed by atoms with van der Waals surface area (Å²) < 4.78 is 0. The SMILES string of the molecule is CCC1CN2CCCC2CN1CC(C)C(C)C. The van der Waals surface area contributed by atoms with Gasteiger partial charge in [-0.15, -0.1) is 0 Å². The van der Waals surface area contributed by atoms with Crippen LogP contribution in [0.1, 0.15) is 47.0 Å². The maximum absolute atomic E-state index is 2.79. The van der Waals surface area contributed by atoms with Gasteiger partial charge in [-0.3, -0.25) is 9.80 Å². The van der Waals surface area contributed by atoms with E-state index < -0.39 is 0 Å². The molecule has 2 saturated heterocycles. The average Bonchev–Trinajstić information content (AvgIpc) is 2.74. The van der Waals surface area contributed by atoms with Crippen molar-refractivity contribution >= 4 is 0 Å². The van der Waals surface area contributed by atoms with Crippen LogP contribution in [-0.2, 0) is 0 Å². The molecule has 0 amide bonds. The molecule has 3 unspecified atom stereocenters. The van der Waals surface area contributed by atoms with E-state index in [1.165, 1.54) is 45.4 Å². The first-order valence-corrected chi connectivity index (χ1v) is 7.60. The van der Waals surface area contributed by atoms with Crippen molar-refractivity contribution in [3.8, 4) is 0 Å². The topological polar surface area (TPSA) is 6.48 Å². The Morgan fingerprint density at radius 2 is 1.94 bits per heavy atom. The van der Waals surface area contributed by atoms with Gasteiger partial charge in [0.1, 0.15) is 0 Å². The smallest absolute Gasteiger partial charge is 0.0224 e. The largest absolute Gasteiger partial charge is 0.298 e. The van der Waals surface area contributed by atoms with Gasteiger partial charge in [-0.1, -0.05) is 27.7 Å². The Hall–Kier alpha value is -0.0800. The van der Waals surface area contributed by atoms with Crippen LogP contribution in [0, 0.1) is 11.8 Å². The fourth-order valence-corrected chi connectivity index (χ4v) is 3.34. The van der Waals surface area contributed by atoms with Crippen LogP contribution in [0.4, 0.5) is 0 Å². The molecule has 0 aromatic carbocycles. The molecule has 2 aliphatic rings. The Labute approximate surface area is 107 Å². The summed E-state index contributed by atoms with van der Waals surface area (Å²) in [6.45, 7) is 14.8. The van der Waals surface area contributed by atoms with Crippen LogP contribution in [0.5, 0.6) is 0 Å². The van der Waals surface area contributed by atoms with Crippen LogP contribution in [0.2, 0.25) is 0 Å². The van der Waals surface area contributed by atoms with Crippen molar-refractivity contribution < 1.29 is 0 Å². The van der Waals surface area contributed by atoms with Gasteiger partial charge in [0.2, 0.25) is 0 Å². The summed E-state index contributed by atoms with van der Waals surface area (Å²) in [5.74, 6) is 1.64. The minimum absolute atomic E-state index is 0.811. The Morgan fingerprint density at radius 3 is 2.59 bits per heavy atom. The fourth-order valence-electron chi connectivity index (χ4n) is 3.34. The molecular formula is C15H30N2. The number of hydrogen-bond acceptors (Lipinski definition) is 2. The molecule has 0 bridgehead atoms. The van der Waals surface area contributed by atoms with Crippen molar-refractivity contribution in [1.29, 1.82) is 0 Å². The molecule has 0 N–H and O–H groups in total. The quantitative estimate of drug-likeness (QED) is 0.743. The molecular weight excluding hydrogens is 208 g/mol. The third-order valence-electron chi connectivity index (χ3n) is 5.04. The normalized spacial score (nSPS) is 33.0. The van der Waals surface area contributed by atoms with Crippen molar-refractivity contribution in [2.24, 2.45) is 11.8 Å². The molecule has 2 rings (SSSR count). The van der Waals surface area contributed by atoms with Crippen LogP contribution in [0.15, 0.2) is 0 Å². The lowest BCUT2D eigenvalue weighted by molar-refractivity contribution is 0.0352. The second-order valence-corrected chi connectivity index (χ2v) is 6.53. The van der Waals surface area contributed by atoms with E-state index in [4.69, 9.17) is 0 Å². The van der Waals surface area contributed by atoms with Crippen molar-refractivity contribution in [2.75, 3.05) is 26.2 Å². The summed E-state index contributed by atoms with van der Waals surface area (Å²) in [6.07, 6.45) is 4.17. The standard InChI is InChI=1S/C15H30N2/c1-5-14-10-16-8-6-7-15(16)11-17(14)9-13(4)12(2)3/h12-15H,5-11H2,1-4H3. The third-order valence-corrected chi connectivity index (χ3v) is 5.04. The van der Waals surface area contributed by atoms with Crippen molar-refractivity contribution in [2.45, 2.75) is 59.0 Å². The van der Waals surface area contributed by atoms with Gasteiger partial charge in [0.15, 0.2) is 0 Å². The number of fused-ring (bicyclic) bond motifs is 1. The second-order valence-electron chi connectivity index (χ2n) is 6.53. The summed E-state index contributed by atoms with van der Waals surface area (Å²) >= 11 is 0. The van der Waals surface area contributed by atoms with E-state index in [1.54, 1.807) is 0 Å². The first kappa shape index (κ1) is 13.4. The lowest BCUT2D eigenvalue weighted by Gasteiger charge is -2.44. The lowest BCUT2D eigenvalue weighted by atomic mass is 9.95. The zero-order chi connectivity index (χ0) is 12.4. The monoisotopic (exact) mass is 238 g/mol. The lowest BCUT2D eigenvalue weighted by Crippen LogP contribution is -2.56. The van der Waals surface area contributed by atoms with Crippen molar-refractivity contribution in [3.05, 3.63) is 0 Å². The molecule has 100 valence electrons. The number of piperazine rings is 1. The van der Waals surface area contributed by atoms with Crippen LogP contribution in [-0.4, -0.2) is 48.1 Å². The van der Waals surface area contributed by atoms with Crippen LogP contribution >= 0.6 is 0 Å². The molecule has 0 aromatic rings. The average molecular weight is 238 g/mol. The number of nitrogens with zero attached hydrogens (tertiary/aromatic N) is 2. The summed E-state index contributed by atoms with van der Waals surface area (Å²) in [5, 5.41) is 0. The van der Waals surface area contributed by atoms with Gasteiger partial charge >= 0.3 is 0 Å². The van der Waals surface area contributed by atoms with Gasteiger partial charge in [-0.25, -0.2) is 0 Å². The Morgan fingerprint density at radius 1 is 1.18 bits per heavy atom. The van der Waals surface area contributed by atoms with Crippen LogP contribution in [0.3, 0.4) is 0 Å². The molecule has 0 saturated carbocycles. The van der Waals surface area contributed by atoms with Crippen molar-refractivity contribution in [3.63, 3.8) is 0 Å². The van der Waals surface area contributed by atoms with E-state index in [9.17, 15) is 0 Å². The highest BCUT2D eigenvalue weighted by Gasteiger charge is 2.35. The molecule has 3 atom stereocenters. The predicted molar refractivity (Wildman–Crippen MR) is 74.2 cm³/mol. The summed E-state index contributed by atoms with van der Waals surface area (Å²) in [5.41, 5.74) is 0. The third kappa shape index (κ3) is 3.03. The molecule has 2 nitrogen and oxygen atoms in total. The Kier molecular flexibility index (Phi) is 4.48. The van der Waals surface area contributed by atoms with Gasteiger partial charge in [0, 0.05) is 31.7 Å². The molecule has 0 aliphatic carbocycles. The predicted octanol–water partition coefficient (Wildman–Crippen LogP) is 2.84. The van der Waals surface area contributed by atoms with Gasteiger partial charge in [0.25, 0.3) is 0 Å². The maximum Gasteiger partial charge on any atom is 0.0224 e. The van der Waals surface area contributed by atoms with Gasteiger partial charge in [-0.2, -0.15) is 0 Å². The van der Waals surface area contributed by atoms with Gasteiger partial charge in [-0.05, 0) is 37.6 Å². The maximum atomic E-state index is 2.79. The fraction of sp³-hybridized carbons (Fsp3) is 1.00. The number of hydrogen-bond donors (Lipinski definition) is 0. The van der Waals surface area contributed by atoms with E-state index >= 15 is 0 Å². The molecule has 2 heterocycles. The Balaban J connectivity index is 1.94. The highest BCUT2D eigenvalue weighted by atomic mass is 15.3. The highest BCUT2D eigenvalue weighted by molar-refractivity contribution is 4.92. The minimum atomic E-state index is 0.811. The number of rotatable bonds is 4. The molecule has 0 aromatic heterocycles. The minimum Gasteiger partial charge on any atom is -0.298 e. The van der Waals surface area contributed by atoms with Crippen LogP contribution in [0.25, 0.3) is 0 Å². The molecule has 2 fully saturated rings. The molecule has 0 spiro atoms. The van der Waals surface area contributed by atoms with E-state index in [-0.39, 0.29) is 0 Å². The highest BCUT2D eigenvalue weighted by Crippen LogP contribution is 2.27. The van der Waals surface area contributed by atoms with E-state index in [1.807, 2.05) is 0 Å². The second kappa shape index (κ2) is 5.71. The zero-order valence-corrected chi connectivity index (χ0v) is 12.2. The summed E-state index contributed by atoms with van der Waals surface area (Å²) in [6, 6.07) is 1.68. The summed E-state index contributed by atoms with van der Waals surface area (Å²) in [7, 11) is 0. The first-order chi connectivity index (χ1) is 8.11. The molecule has 0 radical (unpaired) electrons. The molecule has 2 aliphatic heterocycles.